The largest absolute Gasteiger partial charge is 0.446 e. The zero-order valence-electron chi connectivity index (χ0n) is 13.4. The van der Waals surface area contributed by atoms with Gasteiger partial charge in [-0.3, -0.25) is 0 Å². The minimum absolute atomic E-state index is 0.186. The van der Waals surface area contributed by atoms with Gasteiger partial charge in [0.1, 0.15) is 0 Å². The number of hydrogen-bond donors (Lipinski definition) is 0. The molecular formula is C20H22O2. The lowest BCUT2D eigenvalue weighted by Crippen LogP contribution is -2.29. The monoisotopic (exact) mass is 294 g/mol. The Balaban J connectivity index is 2.12. The number of benzene rings is 2. The molecule has 2 nitrogen and oxygen atoms in total. The Labute approximate surface area is 132 Å². The predicted octanol–water partition coefficient (Wildman–Crippen LogP) is 4.93. The number of ether oxygens (including phenoxy) is 1. The maximum Gasteiger partial charge on any atom is 0.339 e. The van der Waals surface area contributed by atoms with Gasteiger partial charge in [0.15, 0.2) is 5.60 Å². The van der Waals surface area contributed by atoms with Crippen LogP contribution in [0, 0.1) is 5.41 Å². The van der Waals surface area contributed by atoms with Crippen molar-refractivity contribution >= 4 is 5.97 Å². The van der Waals surface area contributed by atoms with Crippen LogP contribution in [0.5, 0.6) is 0 Å². The summed E-state index contributed by atoms with van der Waals surface area (Å²) < 4.78 is 5.96. The Hall–Kier alpha value is -2.09. The van der Waals surface area contributed by atoms with Crippen LogP contribution in [0.2, 0.25) is 0 Å². The smallest absolute Gasteiger partial charge is 0.339 e. The average molecular weight is 294 g/mol. The molecule has 1 aliphatic rings. The van der Waals surface area contributed by atoms with Gasteiger partial charge in [-0.2, -0.15) is 0 Å². The van der Waals surface area contributed by atoms with Crippen LogP contribution in [-0.2, 0) is 10.3 Å². The summed E-state index contributed by atoms with van der Waals surface area (Å²) in [5.41, 5.74) is 2.28. The molecule has 2 aromatic rings. The topological polar surface area (TPSA) is 26.3 Å². The van der Waals surface area contributed by atoms with Gasteiger partial charge in [-0.15, -0.1) is 0 Å². The zero-order chi connectivity index (χ0) is 15.8. The first-order valence-corrected chi connectivity index (χ1v) is 7.81. The Bertz CT molecular complexity index is 682. The standard InChI is InChI=1S/C20H22O2/c1-19(2,3)13-14-20(15-9-5-4-6-10-15)17-12-8-7-11-16(17)18(21)22-20/h4-12H,13-14H2,1-3H3. The summed E-state index contributed by atoms with van der Waals surface area (Å²) in [6.07, 6.45) is 1.77. The van der Waals surface area contributed by atoms with E-state index in [0.717, 1.165) is 24.0 Å². The van der Waals surface area contributed by atoms with E-state index in [4.69, 9.17) is 4.74 Å². The molecule has 1 unspecified atom stereocenters. The van der Waals surface area contributed by atoms with Crippen LogP contribution in [0.15, 0.2) is 54.6 Å². The van der Waals surface area contributed by atoms with Crippen molar-refractivity contribution in [1.29, 1.82) is 0 Å². The molecule has 0 aliphatic carbocycles. The summed E-state index contributed by atoms with van der Waals surface area (Å²) >= 11 is 0. The molecule has 2 aromatic carbocycles. The molecular weight excluding hydrogens is 272 g/mol. The van der Waals surface area contributed by atoms with Gasteiger partial charge >= 0.3 is 5.97 Å². The highest BCUT2D eigenvalue weighted by Gasteiger charge is 2.46. The third-order valence-corrected chi connectivity index (χ3v) is 4.32. The van der Waals surface area contributed by atoms with Crippen molar-refractivity contribution in [2.24, 2.45) is 5.41 Å². The van der Waals surface area contributed by atoms with Gasteiger partial charge in [-0.1, -0.05) is 69.3 Å². The van der Waals surface area contributed by atoms with Crippen molar-refractivity contribution in [2.45, 2.75) is 39.2 Å². The molecule has 0 radical (unpaired) electrons. The van der Waals surface area contributed by atoms with E-state index in [1.165, 1.54) is 0 Å². The minimum Gasteiger partial charge on any atom is -0.446 e. The Morgan fingerprint density at radius 1 is 0.955 bits per heavy atom. The van der Waals surface area contributed by atoms with E-state index < -0.39 is 5.60 Å². The molecule has 0 bridgehead atoms. The van der Waals surface area contributed by atoms with Crippen molar-refractivity contribution in [3.63, 3.8) is 0 Å². The summed E-state index contributed by atoms with van der Waals surface area (Å²) in [7, 11) is 0. The van der Waals surface area contributed by atoms with Gasteiger partial charge in [-0.05, 0) is 24.3 Å². The number of esters is 1. The number of hydrogen-bond acceptors (Lipinski definition) is 2. The number of fused-ring (bicyclic) bond motifs is 1. The molecule has 0 N–H and O–H groups in total. The maximum absolute atomic E-state index is 12.4. The first-order valence-electron chi connectivity index (χ1n) is 7.81. The number of rotatable bonds is 3. The van der Waals surface area contributed by atoms with Gasteiger partial charge in [0, 0.05) is 11.1 Å². The second-order valence-electron chi connectivity index (χ2n) is 7.19. The maximum atomic E-state index is 12.4. The second kappa shape index (κ2) is 5.28. The molecule has 22 heavy (non-hydrogen) atoms. The van der Waals surface area contributed by atoms with Crippen LogP contribution in [0.25, 0.3) is 0 Å². The fourth-order valence-corrected chi connectivity index (χ4v) is 3.08. The number of cyclic esters (lactones) is 1. The molecule has 0 amide bonds. The number of carbonyl (C=O) groups is 1. The molecule has 0 fully saturated rings. The van der Waals surface area contributed by atoms with E-state index in [2.05, 4.69) is 32.9 Å². The van der Waals surface area contributed by atoms with Crippen LogP contribution < -0.4 is 0 Å². The van der Waals surface area contributed by atoms with Crippen molar-refractivity contribution in [3.8, 4) is 0 Å². The number of carbonyl (C=O) groups excluding carboxylic acids is 1. The zero-order valence-corrected chi connectivity index (χ0v) is 13.4. The van der Waals surface area contributed by atoms with E-state index in [0.29, 0.717) is 5.56 Å². The minimum atomic E-state index is -0.651. The van der Waals surface area contributed by atoms with E-state index in [-0.39, 0.29) is 11.4 Å². The van der Waals surface area contributed by atoms with Gasteiger partial charge < -0.3 is 4.74 Å². The molecule has 3 rings (SSSR count). The highest BCUT2D eigenvalue weighted by molar-refractivity contribution is 5.95. The van der Waals surface area contributed by atoms with Gasteiger partial charge in [0.2, 0.25) is 0 Å². The third kappa shape index (κ3) is 2.54. The Kier molecular flexibility index (Phi) is 3.56. The third-order valence-electron chi connectivity index (χ3n) is 4.32. The summed E-state index contributed by atoms with van der Waals surface area (Å²) in [6.45, 7) is 6.65. The van der Waals surface area contributed by atoms with Crippen molar-refractivity contribution in [2.75, 3.05) is 0 Å². The predicted molar refractivity (Wildman–Crippen MR) is 87.8 cm³/mol. The Morgan fingerprint density at radius 2 is 1.59 bits per heavy atom. The highest BCUT2D eigenvalue weighted by atomic mass is 16.6. The van der Waals surface area contributed by atoms with Crippen molar-refractivity contribution in [1.82, 2.24) is 0 Å². The fraction of sp³-hybridized carbons (Fsp3) is 0.350. The van der Waals surface area contributed by atoms with Crippen LogP contribution in [0.4, 0.5) is 0 Å². The molecule has 0 saturated carbocycles. The van der Waals surface area contributed by atoms with E-state index in [1.807, 2.05) is 42.5 Å². The van der Waals surface area contributed by atoms with Crippen LogP contribution >= 0.6 is 0 Å². The highest BCUT2D eigenvalue weighted by Crippen LogP contribution is 2.46. The molecule has 1 heterocycles. The normalized spacial score (nSPS) is 20.6. The fourth-order valence-electron chi connectivity index (χ4n) is 3.08. The summed E-state index contributed by atoms with van der Waals surface area (Å²) in [4.78, 5) is 12.4. The van der Waals surface area contributed by atoms with Gasteiger partial charge in [-0.25, -0.2) is 4.79 Å². The Morgan fingerprint density at radius 3 is 2.27 bits per heavy atom. The van der Waals surface area contributed by atoms with Crippen LogP contribution in [0.1, 0.15) is 55.1 Å². The SMILES string of the molecule is CC(C)(C)CCC1(c2ccccc2)OC(=O)c2ccccc21. The first-order chi connectivity index (χ1) is 10.4. The summed E-state index contributed by atoms with van der Waals surface area (Å²) in [5.74, 6) is -0.214. The van der Waals surface area contributed by atoms with E-state index in [1.54, 1.807) is 0 Å². The quantitative estimate of drug-likeness (QED) is 0.750. The molecule has 0 saturated heterocycles. The molecule has 0 aromatic heterocycles. The second-order valence-corrected chi connectivity index (χ2v) is 7.19. The van der Waals surface area contributed by atoms with E-state index >= 15 is 0 Å². The van der Waals surface area contributed by atoms with Crippen molar-refractivity contribution < 1.29 is 9.53 Å². The molecule has 2 heteroatoms. The summed E-state index contributed by atoms with van der Waals surface area (Å²) in [5, 5.41) is 0. The van der Waals surface area contributed by atoms with Crippen LogP contribution in [-0.4, -0.2) is 5.97 Å². The molecule has 114 valence electrons. The van der Waals surface area contributed by atoms with Gasteiger partial charge in [0.25, 0.3) is 0 Å². The van der Waals surface area contributed by atoms with Crippen molar-refractivity contribution in [3.05, 3.63) is 71.3 Å². The lowest BCUT2D eigenvalue weighted by Gasteiger charge is -2.32. The average Bonchev–Trinajstić information content (AvgIpc) is 2.80. The summed E-state index contributed by atoms with van der Waals surface area (Å²) in [6, 6.07) is 17.9. The van der Waals surface area contributed by atoms with E-state index in [9.17, 15) is 4.79 Å². The first kappa shape index (κ1) is 14.8. The lowest BCUT2D eigenvalue weighted by atomic mass is 9.77. The molecule has 0 spiro atoms. The van der Waals surface area contributed by atoms with Crippen LogP contribution in [0.3, 0.4) is 0 Å². The lowest BCUT2D eigenvalue weighted by molar-refractivity contribution is 0.00287. The molecule has 1 atom stereocenters. The van der Waals surface area contributed by atoms with Gasteiger partial charge in [0.05, 0.1) is 5.56 Å². The molecule has 1 aliphatic heterocycles.